The molecular weight excluding hydrogens is 336 g/mol. The first-order valence-corrected chi connectivity index (χ1v) is 7.85. The summed E-state index contributed by atoms with van der Waals surface area (Å²) in [5.74, 6) is -0.658. The second-order valence-electron chi connectivity index (χ2n) is 5.55. The monoisotopic (exact) mass is 351 g/mol. The number of nitrogens with one attached hydrogen (secondary N) is 1. The van der Waals surface area contributed by atoms with Gasteiger partial charge in [0.15, 0.2) is 0 Å². The largest absolute Gasteiger partial charge is 0.373 e. The van der Waals surface area contributed by atoms with Crippen molar-refractivity contribution >= 4 is 21.6 Å². The van der Waals surface area contributed by atoms with E-state index in [0.29, 0.717) is 10.4 Å². The predicted molar refractivity (Wildman–Crippen MR) is 84.5 cm³/mol. The highest BCUT2D eigenvalue weighted by Gasteiger charge is 2.25. The van der Waals surface area contributed by atoms with Gasteiger partial charge in [-0.2, -0.15) is 0 Å². The second kappa shape index (κ2) is 5.76. The summed E-state index contributed by atoms with van der Waals surface area (Å²) in [7, 11) is 0. The molecule has 2 aromatic rings. The van der Waals surface area contributed by atoms with E-state index in [1.807, 2.05) is 18.2 Å². The molecule has 0 amide bonds. The van der Waals surface area contributed by atoms with E-state index in [1.54, 1.807) is 0 Å². The average molecular weight is 352 g/mol. The number of hydrogen-bond donors (Lipinski definition) is 1. The number of benzene rings is 2. The molecule has 0 saturated heterocycles. The van der Waals surface area contributed by atoms with Crippen molar-refractivity contribution in [2.24, 2.45) is 0 Å². The maximum atomic E-state index is 14.0. The van der Waals surface area contributed by atoms with Crippen LogP contribution in [0.15, 0.2) is 40.9 Å². The highest BCUT2D eigenvalue weighted by molar-refractivity contribution is 9.10. The van der Waals surface area contributed by atoms with Crippen molar-refractivity contribution in [2.45, 2.75) is 31.7 Å². The van der Waals surface area contributed by atoms with Gasteiger partial charge in [-0.05, 0) is 42.0 Å². The molecule has 21 heavy (non-hydrogen) atoms. The maximum absolute atomic E-state index is 14.0. The Morgan fingerprint density at radius 3 is 2.33 bits per heavy atom. The van der Waals surface area contributed by atoms with Crippen LogP contribution in [-0.4, -0.2) is 0 Å². The number of halogens is 3. The van der Waals surface area contributed by atoms with Crippen LogP contribution in [0.5, 0.6) is 0 Å². The van der Waals surface area contributed by atoms with E-state index in [2.05, 4.69) is 34.2 Å². The van der Waals surface area contributed by atoms with Crippen LogP contribution >= 0.6 is 15.9 Å². The van der Waals surface area contributed by atoms with Crippen LogP contribution in [0.3, 0.4) is 0 Å². The minimum Gasteiger partial charge on any atom is -0.373 e. The van der Waals surface area contributed by atoms with Gasteiger partial charge in [-0.3, -0.25) is 0 Å². The van der Waals surface area contributed by atoms with E-state index < -0.39 is 11.6 Å². The molecule has 1 N–H and O–H groups in total. The van der Waals surface area contributed by atoms with Gasteiger partial charge in [-0.15, -0.1) is 0 Å². The zero-order valence-electron chi connectivity index (χ0n) is 11.7. The third kappa shape index (κ3) is 2.82. The molecule has 0 fully saturated rings. The lowest BCUT2D eigenvalue weighted by Crippen LogP contribution is -2.20. The zero-order valence-corrected chi connectivity index (χ0v) is 13.3. The lowest BCUT2D eigenvalue weighted by Gasteiger charge is -2.31. The van der Waals surface area contributed by atoms with Crippen LogP contribution in [0.4, 0.5) is 14.5 Å². The molecular formula is C17H16BrF2N. The summed E-state index contributed by atoms with van der Waals surface area (Å²) in [6, 6.07) is 10.6. The standard InChI is InChI=1S/C17H16BrF2N/c1-10-6-7-16(13-5-3-2-4-12(10)13)21-17-14(19)8-11(18)9-15(17)20/h2-5,8-10,16,21H,6-7H2,1H3. The van der Waals surface area contributed by atoms with Crippen LogP contribution in [-0.2, 0) is 0 Å². The van der Waals surface area contributed by atoms with Crippen molar-refractivity contribution in [1.29, 1.82) is 0 Å². The fourth-order valence-electron chi connectivity index (χ4n) is 3.01. The molecule has 4 heteroatoms. The Morgan fingerprint density at radius 2 is 1.67 bits per heavy atom. The Bertz CT molecular complexity index is 649. The molecule has 2 aromatic carbocycles. The van der Waals surface area contributed by atoms with Gasteiger partial charge in [0.1, 0.15) is 17.3 Å². The Hall–Kier alpha value is -1.42. The molecule has 2 unspecified atom stereocenters. The average Bonchev–Trinajstić information content (AvgIpc) is 2.45. The molecule has 110 valence electrons. The van der Waals surface area contributed by atoms with Gasteiger partial charge in [0.25, 0.3) is 0 Å². The van der Waals surface area contributed by atoms with Crippen LogP contribution < -0.4 is 5.32 Å². The Morgan fingerprint density at radius 1 is 1.05 bits per heavy atom. The summed E-state index contributed by atoms with van der Waals surface area (Å²) in [6.45, 7) is 2.19. The van der Waals surface area contributed by atoms with Gasteiger partial charge < -0.3 is 5.32 Å². The molecule has 2 atom stereocenters. The Kier molecular flexibility index (Phi) is 3.98. The number of hydrogen-bond acceptors (Lipinski definition) is 1. The predicted octanol–water partition coefficient (Wildman–Crippen LogP) is 5.78. The van der Waals surface area contributed by atoms with E-state index in [0.717, 1.165) is 18.4 Å². The van der Waals surface area contributed by atoms with Crippen molar-refractivity contribution in [3.8, 4) is 0 Å². The van der Waals surface area contributed by atoms with Crippen molar-refractivity contribution in [1.82, 2.24) is 0 Å². The van der Waals surface area contributed by atoms with Gasteiger partial charge >= 0.3 is 0 Å². The summed E-state index contributed by atoms with van der Waals surface area (Å²) in [4.78, 5) is 0. The van der Waals surface area contributed by atoms with Crippen molar-refractivity contribution in [2.75, 3.05) is 5.32 Å². The van der Waals surface area contributed by atoms with Crippen molar-refractivity contribution in [3.63, 3.8) is 0 Å². The van der Waals surface area contributed by atoms with Crippen molar-refractivity contribution < 1.29 is 8.78 Å². The molecule has 0 aromatic heterocycles. The number of fused-ring (bicyclic) bond motifs is 1. The fraction of sp³-hybridized carbons (Fsp3) is 0.294. The topological polar surface area (TPSA) is 12.0 Å². The molecule has 0 heterocycles. The smallest absolute Gasteiger partial charge is 0.150 e. The van der Waals surface area contributed by atoms with Gasteiger partial charge in [-0.25, -0.2) is 8.78 Å². The third-order valence-corrected chi connectivity index (χ3v) is 4.57. The first kappa shape index (κ1) is 14.5. The quantitative estimate of drug-likeness (QED) is 0.723. The molecule has 0 saturated carbocycles. The van der Waals surface area contributed by atoms with Crippen LogP contribution in [0.1, 0.15) is 42.9 Å². The SMILES string of the molecule is CC1CCC(Nc2c(F)cc(Br)cc2F)c2ccccc21. The molecule has 0 spiro atoms. The Labute approximate surface area is 131 Å². The normalized spacial score (nSPS) is 21.0. The minimum atomic E-state index is -0.571. The zero-order chi connectivity index (χ0) is 15.0. The summed E-state index contributed by atoms with van der Waals surface area (Å²) in [5.41, 5.74) is 2.35. The molecule has 1 nitrogen and oxygen atoms in total. The van der Waals surface area contributed by atoms with Gasteiger partial charge in [0.2, 0.25) is 0 Å². The van der Waals surface area contributed by atoms with E-state index in [9.17, 15) is 8.78 Å². The summed E-state index contributed by atoms with van der Waals surface area (Å²) < 4.78 is 28.4. The van der Waals surface area contributed by atoms with Gasteiger partial charge in [0, 0.05) is 4.47 Å². The summed E-state index contributed by atoms with van der Waals surface area (Å²) in [5, 5.41) is 3.05. The lowest BCUT2D eigenvalue weighted by molar-refractivity contribution is 0.523. The molecule has 1 aliphatic carbocycles. The molecule has 0 aliphatic heterocycles. The van der Waals surface area contributed by atoms with Gasteiger partial charge in [-0.1, -0.05) is 47.1 Å². The first-order valence-electron chi connectivity index (χ1n) is 7.06. The lowest BCUT2D eigenvalue weighted by atomic mass is 9.81. The highest BCUT2D eigenvalue weighted by Crippen LogP contribution is 2.39. The molecule has 1 aliphatic rings. The van der Waals surface area contributed by atoms with E-state index in [-0.39, 0.29) is 11.7 Å². The second-order valence-corrected chi connectivity index (χ2v) is 6.46. The minimum absolute atomic E-state index is 0.0486. The molecule has 0 radical (unpaired) electrons. The van der Waals surface area contributed by atoms with E-state index >= 15 is 0 Å². The van der Waals surface area contributed by atoms with Crippen molar-refractivity contribution in [3.05, 3.63) is 63.6 Å². The summed E-state index contributed by atoms with van der Waals surface area (Å²) in [6.07, 6.45) is 1.88. The van der Waals surface area contributed by atoms with Crippen LogP contribution in [0.2, 0.25) is 0 Å². The third-order valence-electron chi connectivity index (χ3n) is 4.12. The maximum Gasteiger partial charge on any atom is 0.150 e. The van der Waals surface area contributed by atoms with Crippen LogP contribution in [0.25, 0.3) is 0 Å². The molecule has 3 rings (SSSR count). The van der Waals surface area contributed by atoms with Gasteiger partial charge in [0.05, 0.1) is 6.04 Å². The fourth-order valence-corrected chi connectivity index (χ4v) is 3.41. The number of rotatable bonds is 2. The van der Waals surface area contributed by atoms with E-state index in [1.165, 1.54) is 17.7 Å². The first-order chi connectivity index (χ1) is 10.1. The highest BCUT2D eigenvalue weighted by atomic mass is 79.9. The van der Waals surface area contributed by atoms with Crippen LogP contribution in [0, 0.1) is 11.6 Å². The number of anilines is 1. The van der Waals surface area contributed by atoms with E-state index in [4.69, 9.17) is 0 Å². The Balaban J connectivity index is 1.95. The molecule has 0 bridgehead atoms. The summed E-state index contributed by atoms with van der Waals surface area (Å²) >= 11 is 3.10.